The molecule has 1 unspecified atom stereocenters. The van der Waals surface area contributed by atoms with Crippen molar-refractivity contribution < 1.29 is 18.3 Å². The third kappa shape index (κ3) is 4.60. The lowest BCUT2D eigenvalue weighted by Crippen LogP contribution is -2.29. The number of pyridine rings is 1. The average molecular weight is 483 g/mol. The molecule has 1 atom stereocenters. The lowest BCUT2D eigenvalue weighted by atomic mass is 9.82. The molecule has 34 heavy (non-hydrogen) atoms. The van der Waals surface area contributed by atoms with E-state index in [4.69, 9.17) is 0 Å². The van der Waals surface area contributed by atoms with E-state index in [9.17, 15) is 18.3 Å². The monoisotopic (exact) mass is 482 g/mol. The van der Waals surface area contributed by atoms with Gasteiger partial charge in [0.2, 0.25) is 10.0 Å². The first-order valence-electron chi connectivity index (χ1n) is 11.9. The van der Waals surface area contributed by atoms with Crippen LogP contribution >= 0.6 is 0 Å². The maximum Gasteiger partial charge on any atom is 0.337 e. The minimum absolute atomic E-state index is 0.0362. The highest BCUT2D eigenvalue weighted by molar-refractivity contribution is 7.89. The molecule has 3 aromatic rings. The fourth-order valence-electron chi connectivity index (χ4n) is 5.18. The van der Waals surface area contributed by atoms with E-state index in [1.54, 1.807) is 22.5 Å². The van der Waals surface area contributed by atoms with Gasteiger partial charge in [-0.3, -0.25) is 0 Å². The summed E-state index contributed by atoms with van der Waals surface area (Å²) < 4.78 is 27.5. The number of sulfonamides is 1. The minimum Gasteiger partial charge on any atom is -0.478 e. The first kappa shape index (κ1) is 23.0. The molecule has 1 aromatic carbocycles. The molecular formula is C25H30N4O4S. The number of carbonyl (C=O) groups is 1. The molecule has 8 nitrogen and oxygen atoms in total. The van der Waals surface area contributed by atoms with Crippen LogP contribution in [-0.4, -0.2) is 59.9 Å². The highest BCUT2D eigenvalue weighted by Crippen LogP contribution is 2.35. The van der Waals surface area contributed by atoms with Crippen molar-refractivity contribution >= 4 is 27.0 Å². The van der Waals surface area contributed by atoms with E-state index in [0.717, 1.165) is 61.8 Å². The lowest BCUT2D eigenvalue weighted by Gasteiger charge is -2.27. The van der Waals surface area contributed by atoms with Crippen LogP contribution in [0.5, 0.6) is 0 Å². The highest BCUT2D eigenvalue weighted by atomic mass is 32.2. The molecule has 180 valence electrons. The average Bonchev–Trinajstić information content (AvgIpc) is 3.53. The normalized spacial score (nSPS) is 18.9. The third-order valence-electron chi connectivity index (χ3n) is 7.13. The van der Waals surface area contributed by atoms with Gasteiger partial charge in [-0.15, -0.1) is 0 Å². The minimum atomic E-state index is -3.45. The Morgan fingerprint density at radius 1 is 1.12 bits per heavy atom. The van der Waals surface area contributed by atoms with Crippen molar-refractivity contribution in [2.24, 2.45) is 5.92 Å². The summed E-state index contributed by atoms with van der Waals surface area (Å²) in [5, 5.41) is 13.5. The predicted octanol–water partition coefficient (Wildman–Crippen LogP) is 3.57. The van der Waals surface area contributed by atoms with E-state index in [1.165, 1.54) is 6.20 Å². The summed E-state index contributed by atoms with van der Waals surface area (Å²) >= 11 is 0. The smallest absolute Gasteiger partial charge is 0.337 e. The van der Waals surface area contributed by atoms with Crippen LogP contribution in [0.2, 0.25) is 0 Å². The van der Waals surface area contributed by atoms with E-state index < -0.39 is 16.0 Å². The number of aromatic nitrogens is 2. The van der Waals surface area contributed by atoms with Gasteiger partial charge in [-0.2, -0.15) is 4.31 Å². The number of nitrogens with zero attached hydrogens (tertiary/aromatic N) is 2. The summed E-state index contributed by atoms with van der Waals surface area (Å²) in [4.78, 5) is 19.4. The Morgan fingerprint density at radius 2 is 1.82 bits per heavy atom. The van der Waals surface area contributed by atoms with E-state index in [2.05, 4.69) is 15.3 Å². The van der Waals surface area contributed by atoms with Gasteiger partial charge >= 0.3 is 5.97 Å². The van der Waals surface area contributed by atoms with Crippen molar-refractivity contribution in [3.63, 3.8) is 0 Å². The van der Waals surface area contributed by atoms with Crippen LogP contribution in [0.1, 0.15) is 59.6 Å². The first-order chi connectivity index (χ1) is 16.4. The molecule has 5 rings (SSSR count). The summed E-state index contributed by atoms with van der Waals surface area (Å²) in [6.07, 6.45) is 6.31. The van der Waals surface area contributed by atoms with E-state index in [-0.39, 0.29) is 11.5 Å². The van der Waals surface area contributed by atoms with Crippen molar-refractivity contribution in [1.82, 2.24) is 19.6 Å². The molecule has 0 saturated carbocycles. The lowest BCUT2D eigenvalue weighted by molar-refractivity contribution is 0.0696. The van der Waals surface area contributed by atoms with E-state index >= 15 is 0 Å². The third-order valence-corrected chi connectivity index (χ3v) is 9.04. The van der Waals surface area contributed by atoms with Gasteiger partial charge < -0.3 is 15.4 Å². The summed E-state index contributed by atoms with van der Waals surface area (Å²) in [7, 11) is -3.45. The number of nitrogens with one attached hydrogen (secondary N) is 2. The quantitative estimate of drug-likeness (QED) is 0.474. The number of carboxylic acid groups (broad SMARTS) is 1. The fourth-order valence-corrected chi connectivity index (χ4v) is 6.70. The number of rotatable bonds is 7. The highest BCUT2D eigenvalue weighted by Gasteiger charge is 2.28. The van der Waals surface area contributed by atoms with Crippen LogP contribution in [-0.2, 0) is 10.0 Å². The van der Waals surface area contributed by atoms with Crippen molar-refractivity contribution in [1.29, 1.82) is 0 Å². The first-order valence-corrected chi connectivity index (χ1v) is 13.4. The number of fused-ring (bicyclic) bond motifs is 1. The maximum absolute atomic E-state index is 13.0. The summed E-state index contributed by atoms with van der Waals surface area (Å²) in [6.45, 7) is 3.17. The zero-order chi connectivity index (χ0) is 23.7. The summed E-state index contributed by atoms with van der Waals surface area (Å²) in [5.41, 5.74) is 2.83. The second-order valence-electron chi connectivity index (χ2n) is 9.35. The number of carboxylic acids is 1. The Kier molecular flexibility index (Phi) is 6.42. The molecule has 0 radical (unpaired) electrons. The van der Waals surface area contributed by atoms with Crippen molar-refractivity contribution in [3.05, 3.63) is 59.4 Å². The number of hydrogen-bond acceptors (Lipinski definition) is 5. The second kappa shape index (κ2) is 9.48. The van der Waals surface area contributed by atoms with Gasteiger partial charge in [0.05, 0.1) is 10.5 Å². The SMILES string of the molecule is O=C(O)c1cnc2[nH]c(C(CC3CCNCC3)c3ccc(S(=O)(=O)N4CCCC4)cc3)cc2c1. The van der Waals surface area contributed by atoms with Gasteiger partial charge in [-0.1, -0.05) is 12.1 Å². The number of H-pyrrole nitrogens is 1. The van der Waals surface area contributed by atoms with Gasteiger partial charge in [0.15, 0.2) is 0 Å². The zero-order valence-electron chi connectivity index (χ0n) is 19.0. The van der Waals surface area contributed by atoms with E-state index in [1.807, 2.05) is 18.2 Å². The Balaban J connectivity index is 1.48. The molecular weight excluding hydrogens is 452 g/mol. The summed E-state index contributed by atoms with van der Waals surface area (Å²) in [5.74, 6) is -0.416. The van der Waals surface area contributed by atoms with Gasteiger partial charge in [0.25, 0.3) is 0 Å². The van der Waals surface area contributed by atoms with Gasteiger partial charge in [0, 0.05) is 36.3 Å². The maximum atomic E-state index is 13.0. The molecule has 2 saturated heterocycles. The number of aromatic amines is 1. The molecule has 0 amide bonds. The van der Waals surface area contributed by atoms with Crippen molar-refractivity contribution in [2.45, 2.75) is 42.9 Å². The van der Waals surface area contributed by atoms with E-state index in [0.29, 0.717) is 29.6 Å². The van der Waals surface area contributed by atoms with Crippen molar-refractivity contribution in [2.75, 3.05) is 26.2 Å². The topological polar surface area (TPSA) is 115 Å². The molecule has 2 fully saturated rings. The molecule has 0 aliphatic carbocycles. The second-order valence-corrected chi connectivity index (χ2v) is 11.3. The van der Waals surface area contributed by atoms with Crippen LogP contribution in [0.3, 0.4) is 0 Å². The zero-order valence-corrected chi connectivity index (χ0v) is 19.9. The molecule has 4 heterocycles. The largest absolute Gasteiger partial charge is 0.478 e. The molecule has 2 aromatic heterocycles. The Labute approximate surface area is 199 Å². The Bertz CT molecular complexity index is 1270. The Morgan fingerprint density at radius 3 is 2.50 bits per heavy atom. The summed E-state index contributed by atoms with van der Waals surface area (Å²) in [6, 6.07) is 10.9. The molecule has 0 spiro atoms. The number of hydrogen-bond donors (Lipinski definition) is 3. The number of piperidine rings is 1. The number of aromatic carboxylic acids is 1. The molecule has 2 aliphatic heterocycles. The molecule has 2 aliphatic rings. The van der Waals surface area contributed by atoms with Crippen LogP contribution in [0.15, 0.2) is 47.5 Å². The predicted molar refractivity (Wildman–Crippen MR) is 130 cm³/mol. The van der Waals surface area contributed by atoms with Gasteiger partial charge in [-0.05, 0) is 80.9 Å². The van der Waals surface area contributed by atoms with Crippen LogP contribution in [0.4, 0.5) is 0 Å². The number of benzene rings is 1. The molecule has 0 bridgehead atoms. The molecule has 9 heteroatoms. The van der Waals surface area contributed by atoms with Crippen LogP contribution in [0, 0.1) is 5.92 Å². The van der Waals surface area contributed by atoms with Crippen LogP contribution < -0.4 is 5.32 Å². The van der Waals surface area contributed by atoms with Crippen molar-refractivity contribution in [3.8, 4) is 0 Å². The van der Waals surface area contributed by atoms with Gasteiger partial charge in [0.1, 0.15) is 5.65 Å². The fraction of sp³-hybridized carbons (Fsp3) is 0.440. The van der Waals surface area contributed by atoms with Crippen LogP contribution in [0.25, 0.3) is 11.0 Å². The Hall–Kier alpha value is -2.75. The van der Waals surface area contributed by atoms with Gasteiger partial charge in [-0.25, -0.2) is 18.2 Å². The standard InChI is InChI=1S/C25H30N4O4S/c30-25(31)20-14-19-15-23(28-24(19)27-16-20)22(13-17-7-9-26-10-8-17)18-3-5-21(6-4-18)34(32,33)29-11-1-2-12-29/h3-6,14-17,22,26H,1-2,7-13H2,(H,27,28)(H,30,31). The molecule has 3 N–H and O–H groups in total.